The van der Waals surface area contributed by atoms with Crippen molar-refractivity contribution in [3.8, 4) is 0 Å². The molecule has 0 spiro atoms. The number of nitrogens with one attached hydrogen (secondary N) is 3. The van der Waals surface area contributed by atoms with Crippen LogP contribution in [0.4, 0.5) is 0 Å². The third-order valence-electron chi connectivity index (χ3n) is 3.64. The van der Waals surface area contributed by atoms with E-state index in [0.717, 1.165) is 12.4 Å². The Morgan fingerprint density at radius 3 is 2.43 bits per heavy atom. The van der Waals surface area contributed by atoms with E-state index in [2.05, 4.69) is 34.8 Å². The van der Waals surface area contributed by atoms with Crippen LogP contribution in [0.3, 0.4) is 0 Å². The number of carbonyl (C=O) groups excluding carboxylic acids is 1. The molecule has 21 heavy (non-hydrogen) atoms. The summed E-state index contributed by atoms with van der Waals surface area (Å²) in [6, 6.07) is 0.385. The first-order valence-electron chi connectivity index (χ1n) is 8.06. The normalized spacial score (nSPS) is 13.7. The van der Waals surface area contributed by atoms with Gasteiger partial charge in [0.15, 0.2) is 5.96 Å². The zero-order valence-electron chi connectivity index (χ0n) is 14.7. The van der Waals surface area contributed by atoms with Gasteiger partial charge in [-0.15, -0.1) is 0 Å². The van der Waals surface area contributed by atoms with Gasteiger partial charge in [0.25, 0.3) is 0 Å². The smallest absolute Gasteiger partial charge is 0.227 e. The molecule has 3 N–H and O–H groups in total. The van der Waals surface area contributed by atoms with E-state index >= 15 is 0 Å². The van der Waals surface area contributed by atoms with Gasteiger partial charge >= 0.3 is 0 Å². The summed E-state index contributed by atoms with van der Waals surface area (Å²) in [5.74, 6) is 0.785. The van der Waals surface area contributed by atoms with Crippen molar-refractivity contribution in [2.24, 2.45) is 10.4 Å². The molecule has 1 atom stereocenters. The average molecular weight is 298 g/mol. The summed E-state index contributed by atoms with van der Waals surface area (Å²) in [6.07, 6.45) is 6.24. The van der Waals surface area contributed by atoms with Gasteiger partial charge in [0.05, 0.1) is 5.41 Å². The minimum absolute atomic E-state index is 0.0260. The molecule has 5 nitrogen and oxygen atoms in total. The van der Waals surface area contributed by atoms with E-state index < -0.39 is 5.41 Å². The molecule has 0 rings (SSSR count). The van der Waals surface area contributed by atoms with Gasteiger partial charge in [-0.05, 0) is 27.2 Å². The molecule has 1 unspecified atom stereocenters. The Morgan fingerprint density at radius 2 is 1.90 bits per heavy atom. The molecule has 0 aliphatic rings. The van der Waals surface area contributed by atoms with Crippen molar-refractivity contribution < 1.29 is 4.79 Å². The van der Waals surface area contributed by atoms with Crippen LogP contribution in [0.1, 0.15) is 59.8 Å². The fraction of sp³-hybridized carbons (Fsp3) is 0.875. The lowest BCUT2D eigenvalue weighted by atomic mass is 9.92. The van der Waals surface area contributed by atoms with Gasteiger partial charge in [-0.1, -0.05) is 32.6 Å². The lowest BCUT2D eigenvalue weighted by molar-refractivity contribution is -0.128. The first kappa shape index (κ1) is 19.7. The molecule has 0 heterocycles. The molecule has 0 fully saturated rings. The maximum atomic E-state index is 11.7. The minimum Gasteiger partial charge on any atom is -0.359 e. The third kappa shape index (κ3) is 8.58. The highest BCUT2D eigenvalue weighted by molar-refractivity contribution is 5.84. The van der Waals surface area contributed by atoms with Crippen molar-refractivity contribution in [2.75, 3.05) is 20.6 Å². The predicted molar refractivity (Wildman–Crippen MR) is 90.6 cm³/mol. The van der Waals surface area contributed by atoms with Gasteiger partial charge in [-0.25, -0.2) is 0 Å². The second kappa shape index (κ2) is 10.5. The van der Waals surface area contributed by atoms with Crippen LogP contribution in [0.2, 0.25) is 0 Å². The van der Waals surface area contributed by atoms with Crippen molar-refractivity contribution >= 4 is 11.9 Å². The Balaban J connectivity index is 4.14. The number of aliphatic imine (C=N–C) groups is 1. The SMILES string of the molecule is CCCCCCC(C)NC(=NC)NCC(C)(C)C(=O)NC. The van der Waals surface area contributed by atoms with Crippen molar-refractivity contribution in [2.45, 2.75) is 65.8 Å². The Labute approximate surface area is 130 Å². The standard InChI is InChI=1S/C16H34N4O/c1-7-8-9-10-11-13(2)20-15(18-6)19-12-16(3,4)14(21)17-5/h13H,7-12H2,1-6H3,(H,17,21)(H2,18,19,20). The number of carbonyl (C=O) groups is 1. The Kier molecular flexibility index (Phi) is 9.84. The molecule has 0 aromatic rings. The summed E-state index contributed by atoms with van der Waals surface area (Å²) in [5, 5.41) is 9.30. The summed E-state index contributed by atoms with van der Waals surface area (Å²) in [7, 11) is 3.42. The molecule has 5 heteroatoms. The molecule has 1 amide bonds. The molecule has 124 valence electrons. The van der Waals surface area contributed by atoms with Gasteiger partial charge in [0, 0.05) is 26.7 Å². The lowest BCUT2D eigenvalue weighted by Crippen LogP contribution is -2.49. The topological polar surface area (TPSA) is 65.5 Å². The van der Waals surface area contributed by atoms with Crippen LogP contribution in [0.5, 0.6) is 0 Å². The van der Waals surface area contributed by atoms with E-state index in [1.165, 1.54) is 25.7 Å². The van der Waals surface area contributed by atoms with Gasteiger partial charge in [-0.3, -0.25) is 9.79 Å². The summed E-state index contributed by atoms with van der Waals surface area (Å²) in [6.45, 7) is 8.78. The molecule has 0 saturated heterocycles. The van der Waals surface area contributed by atoms with Gasteiger partial charge in [-0.2, -0.15) is 0 Å². The highest BCUT2D eigenvalue weighted by Crippen LogP contribution is 2.13. The molecule has 0 bridgehead atoms. The quantitative estimate of drug-likeness (QED) is 0.347. The predicted octanol–water partition coefficient (Wildman–Crippen LogP) is 2.28. The first-order chi connectivity index (χ1) is 9.87. The Morgan fingerprint density at radius 1 is 1.24 bits per heavy atom. The Hall–Kier alpha value is -1.26. The lowest BCUT2D eigenvalue weighted by Gasteiger charge is -2.25. The number of hydrogen-bond acceptors (Lipinski definition) is 2. The fourth-order valence-corrected chi connectivity index (χ4v) is 2.10. The zero-order chi connectivity index (χ0) is 16.3. The maximum Gasteiger partial charge on any atom is 0.227 e. The van der Waals surface area contributed by atoms with Crippen molar-refractivity contribution in [1.82, 2.24) is 16.0 Å². The van der Waals surface area contributed by atoms with E-state index in [1.54, 1.807) is 14.1 Å². The summed E-state index contributed by atoms with van der Waals surface area (Å²) >= 11 is 0. The molecular weight excluding hydrogens is 264 g/mol. The van der Waals surface area contributed by atoms with Gasteiger partial charge in [0.2, 0.25) is 5.91 Å². The summed E-state index contributed by atoms with van der Waals surface area (Å²) in [5.41, 5.74) is -0.462. The van der Waals surface area contributed by atoms with Crippen LogP contribution < -0.4 is 16.0 Å². The Bertz CT molecular complexity index is 326. The van der Waals surface area contributed by atoms with Crippen LogP contribution in [0, 0.1) is 5.41 Å². The number of nitrogens with zero attached hydrogens (tertiary/aromatic N) is 1. The van der Waals surface area contributed by atoms with Crippen molar-refractivity contribution in [3.63, 3.8) is 0 Å². The largest absolute Gasteiger partial charge is 0.359 e. The van der Waals surface area contributed by atoms with Crippen LogP contribution in [-0.2, 0) is 4.79 Å². The number of rotatable bonds is 9. The zero-order valence-corrected chi connectivity index (χ0v) is 14.7. The molecule has 0 aliphatic carbocycles. The second-order valence-electron chi connectivity index (χ2n) is 6.28. The van der Waals surface area contributed by atoms with Crippen LogP contribution in [0.25, 0.3) is 0 Å². The van der Waals surface area contributed by atoms with E-state index in [9.17, 15) is 4.79 Å². The molecule has 0 aromatic carbocycles. The molecule has 0 aliphatic heterocycles. The van der Waals surface area contributed by atoms with Crippen molar-refractivity contribution in [3.05, 3.63) is 0 Å². The van der Waals surface area contributed by atoms with Crippen molar-refractivity contribution in [1.29, 1.82) is 0 Å². The van der Waals surface area contributed by atoms with E-state index in [-0.39, 0.29) is 5.91 Å². The monoisotopic (exact) mass is 298 g/mol. The average Bonchev–Trinajstić information content (AvgIpc) is 2.46. The van der Waals surface area contributed by atoms with Crippen LogP contribution in [-0.4, -0.2) is 38.5 Å². The first-order valence-corrected chi connectivity index (χ1v) is 8.06. The molecule has 0 radical (unpaired) electrons. The number of unbranched alkanes of at least 4 members (excludes halogenated alkanes) is 3. The minimum atomic E-state index is -0.462. The molecule has 0 aromatic heterocycles. The molecular formula is C16H34N4O. The summed E-state index contributed by atoms with van der Waals surface area (Å²) in [4.78, 5) is 16.0. The number of hydrogen-bond donors (Lipinski definition) is 3. The van der Waals surface area contributed by atoms with E-state index in [0.29, 0.717) is 12.6 Å². The van der Waals surface area contributed by atoms with Crippen LogP contribution >= 0.6 is 0 Å². The van der Waals surface area contributed by atoms with E-state index in [4.69, 9.17) is 0 Å². The number of guanidine groups is 1. The summed E-state index contributed by atoms with van der Waals surface area (Å²) < 4.78 is 0. The second-order valence-corrected chi connectivity index (χ2v) is 6.28. The fourth-order valence-electron chi connectivity index (χ4n) is 2.10. The number of amides is 1. The third-order valence-corrected chi connectivity index (χ3v) is 3.64. The highest BCUT2D eigenvalue weighted by Gasteiger charge is 2.26. The van der Waals surface area contributed by atoms with E-state index in [1.807, 2.05) is 13.8 Å². The van der Waals surface area contributed by atoms with Gasteiger partial charge < -0.3 is 16.0 Å². The molecule has 0 saturated carbocycles. The highest BCUT2D eigenvalue weighted by atomic mass is 16.2. The van der Waals surface area contributed by atoms with Gasteiger partial charge in [0.1, 0.15) is 0 Å². The maximum absolute atomic E-state index is 11.7. The van der Waals surface area contributed by atoms with Crippen LogP contribution in [0.15, 0.2) is 4.99 Å².